The molecule has 0 unspecified atom stereocenters. The van der Waals surface area contributed by atoms with Gasteiger partial charge in [0.05, 0.1) is 0 Å². The molecule has 2 aliphatic rings. The molecular formula is C21H26N2O. The number of nitrogens with zero attached hydrogens (tertiary/aromatic N) is 2. The first kappa shape index (κ1) is 15.5. The Morgan fingerprint density at radius 2 is 1.67 bits per heavy atom. The van der Waals surface area contributed by atoms with Gasteiger partial charge in [-0.2, -0.15) is 0 Å². The maximum atomic E-state index is 9.73. The predicted molar refractivity (Wildman–Crippen MR) is 98.6 cm³/mol. The summed E-state index contributed by atoms with van der Waals surface area (Å²) in [5, 5.41) is 9.73. The van der Waals surface area contributed by atoms with Crippen LogP contribution < -0.4 is 4.90 Å². The van der Waals surface area contributed by atoms with Gasteiger partial charge < -0.3 is 10.0 Å². The monoisotopic (exact) mass is 322 g/mol. The number of anilines is 1. The average Bonchev–Trinajstić information content (AvgIpc) is 2.84. The van der Waals surface area contributed by atoms with Gasteiger partial charge in [0.25, 0.3) is 0 Å². The number of hydrogen-bond donors (Lipinski definition) is 1. The number of phenolic OH excluding ortho intramolecular Hbond substituents is 1. The van der Waals surface area contributed by atoms with E-state index in [4.69, 9.17) is 0 Å². The summed E-state index contributed by atoms with van der Waals surface area (Å²) in [6.45, 7) is 3.38. The molecule has 2 aliphatic heterocycles. The van der Waals surface area contributed by atoms with Crippen molar-refractivity contribution in [2.45, 2.75) is 37.8 Å². The van der Waals surface area contributed by atoms with Crippen LogP contribution in [0.25, 0.3) is 0 Å². The SMILES string of the molecule is Oc1cccc(N2C[C@H]3CC[C@@H](C2)N3CCCc2ccccc2)c1. The fourth-order valence-corrected chi connectivity index (χ4v) is 4.37. The first-order chi connectivity index (χ1) is 11.8. The Labute approximate surface area is 144 Å². The van der Waals surface area contributed by atoms with Crippen LogP contribution in [-0.4, -0.2) is 41.7 Å². The highest BCUT2D eigenvalue weighted by atomic mass is 16.3. The van der Waals surface area contributed by atoms with Gasteiger partial charge in [0, 0.05) is 36.9 Å². The average molecular weight is 322 g/mol. The highest BCUT2D eigenvalue weighted by molar-refractivity contribution is 5.51. The van der Waals surface area contributed by atoms with Crippen LogP contribution in [0, 0.1) is 0 Å². The Hall–Kier alpha value is -2.00. The number of aromatic hydroxyl groups is 1. The smallest absolute Gasteiger partial charge is 0.117 e. The second kappa shape index (κ2) is 6.86. The first-order valence-corrected chi connectivity index (χ1v) is 9.13. The third-order valence-corrected chi connectivity index (χ3v) is 5.55. The topological polar surface area (TPSA) is 26.7 Å². The number of benzene rings is 2. The lowest BCUT2D eigenvalue weighted by molar-refractivity contribution is 0.167. The molecule has 2 bridgehead atoms. The van der Waals surface area contributed by atoms with Crippen molar-refractivity contribution in [3.63, 3.8) is 0 Å². The summed E-state index contributed by atoms with van der Waals surface area (Å²) in [4.78, 5) is 5.19. The van der Waals surface area contributed by atoms with Crippen molar-refractivity contribution in [1.82, 2.24) is 4.90 Å². The van der Waals surface area contributed by atoms with Gasteiger partial charge in [0.15, 0.2) is 0 Å². The summed E-state index contributed by atoms with van der Waals surface area (Å²) >= 11 is 0. The van der Waals surface area contributed by atoms with Gasteiger partial charge in [-0.25, -0.2) is 0 Å². The molecule has 2 aromatic carbocycles. The second-order valence-electron chi connectivity index (χ2n) is 7.14. The molecule has 24 heavy (non-hydrogen) atoms. The normalized spacial score (nSPS) is 23.6. The molecule has 1 N–H and O–H groups in total. The number of fused-ring (bicyclic) bond motifs is 2. The molecule has 126 valence electrons. The van der Waals surface area contributed by atoms with E-state index in [1.54, 1.807) is 6.07 Å². The summed E-state index contributed by atoms with van der Waals surface area (Å²) < 4.78 is 0. The van der Waals surface area contributed by atoms with Crippen LogP contribution in [0.1, 0.15) is 24.8 Å². The van der Waals surface area contributed by atoms with Crippen molar-refractivity contribution in [3.8, 4) is 5.75 Å². The van der Waals surface area contributed by atoms with E-state index in [-0.39, 0.29) is 0 Å². The Morgan fingerprint density at radius 1 is 0.917 bits per heavy atom. The van der Waals surface area contributed by atoms with Crippen molar-refractivity contribution in [3.05, 3.63) is 60.2 Å². The van der Waals surface area contributed by atoms with Crippen molar-refractivity contribution in [2.24, 2.45) is 0 Å². The lowest BCUT2D eigenvalue weighted by atomic mass is 10.1. The van der Waals surface area contributed by atoms with E-state index < -0.39 is 0 Å². The number of phenols is 1. The zero-order chi connectivity index (χ0) is 16.4. The molecule has 2 saturated heterocycles. The number of piperazine rings is 1. The third-order valence-electron chi connectivity index (χ3n) is 5.55. The van der Waals surface area contributed by atoms with Crippen molar-refractivity contribution >= 4 is 5.69 Å². The van der Waals surface area contributed by atoms with E-state index in [0.29, 0.717) is 17.8 Å². The lowest BCUT2D eigenvalue weighted by Crippen LogP contribution is -2.54. The van der Waals surface area contributed by atoms with E-state index >= 15 is 0 Å². The third kappa shape index (κ3) is 3.27. The van der Waals surface area contributed by atoms with E-state index in [9.17, 15) is 5.11 Å². The van der Waals surface area contributed by atoms with Crippen LogP contribution in [0.2, 0.25) is 0 Å². The molecule has 0 spiro atoms. The molecule has 2 aromatic rings. The van der Waals surface area contributed by atoms with Gasteiger partial charge in [-0.15, -0.1) is 0 Å². The number of aryl methyl sites for hydroxylation is 1. The Kier molecular flexibility index (Phi) is 4.44. The minimum atomic E-state index is 0.366. The summed E-state index contributed by atoms with van der Waals surface area (Å²) in [6.07, 6.45) is 5.03. The molecule has 3 heteroatoms. The summed E-state index contributed by atoms with van der Waals surface area (Å²) in [5.41, 5.74) is 2.61. The highest BCUT2D eigenvalue weighted by Gasteiger charge is 2.39. The maximum Gasteiger partial charge on any atom is 0.117 e. The minimum Gasteiger partial charge on any atom is -0.508 e. The zero-order valence-electron chi connectivity index (χ0n) is 14.1. The summed E-state index contributed by atoms with van der Waals surface area (Å²) in [6, 6.07) is 19.8. The Bertz CT molecular complexity index is 659. The van der Waals surface area contributed by atoms with Crippen LogP contribution in [0.4, 0.5) is 5.69 Å². The molecule has 4 rings (SSSR count). The standard InChI is InChI=1S/C21H26N2O/c24-21-10-4-9-18(14-21)22-15-19-11-12-20(16-22)23(19)13-5-8-17-6-2-1-3-7-17/h1-4,6-7,9-10,14,19-20,24H,5,8,11-13,15-16H2/t19-,20+. The largest absolute Gasteiger partial charge is 0.508 e. The molecule has 2 atom stereocenters. The zero-order valence-corrected chi connectivity index (χ0v) is 14.1. The van der Waals surface area contributed by atoms with Crippen LogP contribution in [0.5, 0.6) is 5.75 Å². The van der Waals surface area contributed by atoms with Crippen LogP contribution in [0.3, 0.4) is 0 Å². The van der Waals surface area contributed by atoms with Gasteiger partial charge in [-0.3, -0.25) is 4.90 Å². The molecule has 2 fully saturated rings. The molecule has 3 nitrogen and oxygen atoms in total. The van der Waals surface area contributed by atoms with Crippen molar-refractivity contribution < 1.29 is 5.11 Å². The Balaban J connectivity index is 1.35. The van der Waals surface area contributed by atoms with Crippen molar-refractivity contribution in [2.75, 3.05) is 24.5 Å². The van der Waals surface area contributed by atoms with Crippen LogP contribution in [-0.2, 0) is 6.42 Å². The van der Waals surface area contributed by atoms with Crippen LogP contribution >= 0.6 is 0 Å². The van der Waals surface area contributed by atoms with E-state index in [2.05, 4.69) is 46.2 Å². The highest BCUT2D eigenvalue weighted by Crippen LogP contribution is 2.33. The van der Waals surface area contributed by atoms with Crippen molar-refractivity contribution in [1.29, 1.82) is 0 Å². The molecule has 0 saturated carbocycles. The van der Waals surface area contributed by atoms with Crippen LogP contribution in [0.15, 0.2) is 54.6 Å². The predicted octanol–water partition coefficient (Wildman–Crippen LogP) is 3.68. The molecule has 0 amide bonds. The fraction of sp³-hybridized carbons (Fsp3) is 0.429. The summed E-state index contributed by atoms with van der Waals surface area (Å²) in [7, 11) is 0. The van der Waals surface area contributed by atoms with Gasteiger partial charge in [-0.05, 0) is 49.9 Å². The van der Waals surface area contributed by atoms with E-state index in [1.807, 2.05) is 12.1 Å². The Morgan fingerprint density at radius 3 is 2.38 bits per heavy atom. The second-order valence-corrected chi connectivity index (χ2v) is 7.14. The minimum absolute atomic E-state index is 0.366. The fourth-order valence-electron chi connectivity index (χ4n) is 4.37. The number of hydrogen-bond acceptors (Lipinski definition) is 3. The molecular weight excluding hydrogens is 296 g/mol. The van der Waals surface area contributed by atoms with E-state index in [0.717, 1.165) is 18.8 Å². The molecule has 0 aliphatic carbocycles. The molecule has 0 aromatic heterocycles. The maximum absolute atomic E-state index is 9.73. The molecule has 0 radical (unpaired) electrons. The van der Waals surface area contributed by atoms with E-state index in [1.165, 1.54) is 37.8 Å². The summed E-state index contributed by atoms with van der Waals surface area (Å²) in [5.74, 6) is 0.366. The number of rotatable bonds is 5. The first-order valence-electron chi connectivity index (χ1n) is 9.13. The van der Waals surface area contributed by atoms with Gasteiger partial charge in [-0.1, -0.05) is 36.4 Å². The van der Waals surface area contributed by atoms with Gasteiger partial charge in [0.1, 0.15) is 5.75 Å². The lowest BCUT2D eigenvalue weighted by Gasteiger charge is -2.42. The quantitative estimate of drug-likeness (QED) is 0.910. The van der Waals surface area contributed by atoms with Gasteiger partial charge >= 0.3 is 0 Å². The molecule has 2 heterocycles. The van der Waals surface area contributed by atoms with Gasteiger partial charge in [0.2, 0.25) is 0 Å².